The highest BCUT2D eigenvalue weighted by Gasteiger charge is 2.31. The average molecular weight is 602 g/mol. The molecule has 0 fully saturated rings. The van der Waals surface area contributed by atoms with Gasteiger partial charge in [-0.2, -0.15) is 5.10 Å². The van der Waals surface area contributed by atoms with E-state index in [0.29, 0.717) is 16.6 Å². The van der Waals surface area contributed by atoms with Crippen molar-refractivity contribution in [2.24, 2.45) is 5.92 Å². The van der Waals surface area contributed by atoms with Crippen molar-refractivity contribution in [1.29, 1.82) is 0 Å². The third kappa shape index (κ3) is 12.5. The fraction of sp³-hybridized carbons (Fsp3) is 0.559. The lowest BCUT2D eigenvalue weighted by Crippen LogP contribution is -2.19. The van der Waals surface area contributed by atoms with Crippen molar-refractivity contribution in [1.82, 2.24) is 24.5 Å². The summed E-state index contributed by atoms with van der Waals surface area (Å²) >= 11 is 0. The average Bonchev–Trinajstić information content (AvgIpc) is 3.37. The van der Waals surface area contributed by atoms with Gasteiger partial charge in [0.15, 0.2) is 5.65 Å². The number of unbranched alkanes of at least 4 members (excludes halogenated alkanes) is 2. The van der Waals surface area contributed by atoms with Crippen LogP contribution in [0.25, 0.3) is 27.7 Å². The highest BCUT2D eigenvalue weighted by molar-refractivity contribution is 5.98. The first-order valence-corrected chi connectivity index (χ1v) is 15.7. The first kappa shape index (κ1) is 36.0. The second-order valence-electron chi connectivity index (χ2n) is 11.2. The smallest absolute Gasteiger partial charge is 0.406 e. The Labute approximate surface area is 255 Å². The molecule has 4 aromatic rings. The van der Waals surface area contributed by atoms with Gasteiger partial charge in [0.2, 0.25) is 0 Å². The lowest BCUT2D eigenvalue weighted by Gasteiger charge is -2.13. The van der Waals surface area contributed by atoms with E-state index in [1.807, 2.05) is 13.1 Å². The van der Waals surface area contributed by atoms with Gasteiger partial charge < -0.3 is 9.64 Å². The molecule has 0 radical (unpaired) electrons. The molecular weight excluding hydrogens is 551 g/mol. The van der Waals surface area contributed by atoms with Crippen molar-refractivity contribution in [2.75, 3.05) is 20.1 Å². The van der Waals surface area contributed by atoms with Gasteiger partial charge in [-0.1, -0.05) is 73.1 Å². The molecule has 43 heavy (non-hydrogen) atoms. The fourth-order valence-corrected chi connectivity index (χ4v) is 4.83. The number of pyridine rings is 1. The molecule has 1 aromatic carbocycles. The summed E-state index contributed by atoms with van der Waals surface area (Å²) in [6.45, 7) is 15.8. The van der Waals surface area contributed by atoms with Crippen LogP contribution < -0.4 is 4.74 Å². The number of ether oxygens (including phenoxy) is 1. The van der Waals surface area contributed by atoms with E-state index in [9.17, 15) is 13.2 Å². The Morgan fingerprint density at radius 2 is 1.63 bits per heavy atom. The Morgan fingerprint density at radius 1 is 0.884 bits per heavy atom. The van der Waals surface area contributed by atoms with Crippen LogP contribution in [0.2, 0.25) is 0 Å². The van der Waals surface area contributed by atoms with Gasteiger partial charge in [0.25, 0.3) is 0 Å². The van der Waals surface area contributed by atoms with Crippen molar-refractivity contribution >= 4 is 16.6 Å². The predicted molar refractivity (Wildman–Crippen MR) is 171 cm³/mol. The molecule has 3 heterocycles. The second-order valence-corrected chi connectivity index (χ2v) is 11.2. The molecular formula is C34H50F3N5O. The minimum absolute atomic E-state index is 0.307. The fourth-order valence-electron chi connectivity index (χ4n) is 4.83. The van der Waals surface area contributed by atoms with E-state index in [1.54, 1.807) is 29.0 Å². The SMILES string of the molecule is CCCCC(C)CCC.CCCCN(C)CCC.Cc1cnc2c(-c3ccnc4cc(OC(F)(F)F)ccc34)cnn2c1. The maximum absolute atomic E-state index is 12.4. The quantitative estimate of drug-likeness (QED) is 0.162. The molecule has 0 aliphatic rings. The van der Waals surface area contributed by atoms with Gasteiger partial charge in [-0.05, 0) is 75.1 Å². The van der Waals surface area contributed by atoms with Crippen LogP contribution in [0.4, 0.5) is 13.2 Å². The van der Waals surface area contributed by atoms with Gasteiger partial charge in [-0.15, -0.1) is 13.2 Å². The van der Waals surface area contributed by atoms with Crippen LogP contribution in [-0.4, -0.2) is 51.0 Å². The van der Waals surface area contributed by atoms with Crippen molar-refractivity contribution in [3.05, 3.63) is 54.6 Å². The second kappa shape index (κ2) is 18.5. The van der Waals surface area contributed by atoms with Crippen molar-refractivity contribution in [3.63, 3.8) is 0 Å². The van der Waals surface area contributed by atoms with E-state index in [0.717, 1.165) is 22.6 Å². The lowest BCUT2D eigenvalue weighted by atomic mass is 10.00. The molecule has 3 aromatic heterocycles. The third-order valence-electron chi connectivity index (χ3n) is 7.05. The number of hydrogen-bond acceptors (Lipinski definition) is 5. The van der Waals surface area contributed by atoms with Gasteiger partial charge in [-0.3, -0.25) is 4.98 Å². The van der Waals surface area contributed by atoms with E-state index in [1.165, 1.54) is 82.8 Å². The maximum atomic E-state index is 12.4. The summed E-state index contributed by atoms with van der Waals surface area (Å²) < 4.78 is 42.8. The molecule has 1 unspecified atom stereocenters. The molecule has 0 aliphatic heterocycles. The van der Waals surface area contributed by atoms with E-state index >= 15 is 0 Å². The van der Waals surface area contributed by atoms with E-state index in [-0.39, 0.29) is 5.75 Å². The Morgan fingerprint density at radius 3 is 2.28 bits per heavy atom. The van der Waals surface area contributed by atoms with Crippen LogP contribution in [0.1, 0.15) is 91.5 Å². The lowest BCUT2D eigenvalue weighted by molar-refractivity contribution is -0.274. The zero-order chi connectivity index (χ0) is 31.8. The highest BCUT2D eigenvalue weighted by atomic mass is 19.4. The zero-order valence-electron chi connectivity index (χ0n) is 27.0. The molecule has 0 spiro atoms. The number of aryl methyl sites for hydroxylation is 1. The standard InChI is InChI=1S/C17H11F3N4O.C9H20.C8H19N/c1-10-7-22-16-14(8-23-24(16)9-10)12-4-5-21-15-6-11(2-3-13(12)15)25-17(18,19)20;2*1-4-6-8-9(3)7-5-2/h2-9H,1H3;9H,4-8H2,1-3H3;4-8H2,1-3H3. The summed E-state index contributed by atoms with van der Waals surface area (Å²) in [6, 6.07) is 5.86. The number of nitrogens with zero attached hydrogens (tertiary/aromatic N) is 5. The van der Waals surface area contributed by atoms with Gasteiger partial charge >= 0.3 is 6.36 Å². The number of aromatic nitrogens is 4. The number of hydrogen-bond donors (Lipinski definition) is 0. The van der Waals surface area contributed by atoms with Crippen LogP contribution >= 0.6 is 0 Å². The molecule has 6 nitrogen and oxygen atoms in total. The van der Waals surface area contributed by atoms with Crippen LogP contribution in [-0.2, 0) is 0 Å². The molecule has 0 aliphatic carbocycles. The Balaban J connectivity index is 0.000000297. The first-order valence-electron chi connectivity index (χ1n) is 15.7. The van der Waals surface area contributed by atoms with Gasteiger partial charge in [-0.25, -0.2) is 9.50 Å². The van der Waals surface area contributed by atoms with Crippen molar-refractivity contribution in [3.8, 4) is 16.9 Å². The predicted octanol–water partition coefficient (Wildman–Crippen LogP) is 9.89. The molecule has 0 saturated carbocycles. The Hall–Kier alpha value is -3.20. The molecule has 9 heteroatoms. The monoisotopic (exact) mass is 601 g/mol. The van der Waals surface area contributed by atoms with Crippen molar-refractivity contribution < 1.29 is 17.9 Å². The summed E-state index contributed by atoms with van der Waals surface area (Å²) in [6.07, 6.45) is 13.0. The highest BCUT2D eigenvalue weighted by Crippen LogP contribution is 2.33. The number of alkyl halides is 3. The Bertz CT molecular complexity index is 1340. The van der Waals surface area contributed by atoms with Crippen molar-refractivity contribution in [2.45, 2.75) is 99.3 Å². The van der Waals surface area contributed by atoms with Gasteiger partial charge in [0.1, 0.15) is 5.75 Å². The third-order valence-corrected chi connectivity index (χ3v) is 7.05. The molecule has 4 rings (SSSR count). The van der Waals surface area contributed by atoms with E-state index in [2.05, 4.69) is 66.4 Å². The summed E-state index contributed by atoms with van der Waals surface area (Å²) in [5, 5.41) is 4.98. The van der Waals surface area contributed by atoms with Gasteiger partial charge in [0.05, 0.1) is 11.7 Å². The summed E-state index contributed by atoms with van der Waals surface area (Å²) in [4.78, 5) is 10.9. The number of rotatable bonds is 12. The molecule has 0 bridgehead atoms. The zero-order valence-corrected chi connectivity index (χ0v) is 27.0. The number of halogens is 3. The normalized spacial score (nSPS) is 12.1. The molecule has 0 N–H and O–H groups in total. The van der Waals surface area contributed by atoms with E-state index in [4.69, 9.17) is 0 Å². The van der Waals surface area contributed by atoms with Crippen LogP contribution in [0.5, 0.6) is 5.75 Å². The number of fused-ring (bicyclic) bond motifs is 2. The minimum Gasteiger partial charge on any atom is -0.406 e. The summed E-state index contributed by atoms with van der Waals surface area (Å²) in [5.41, 5.74) is 3.59. The molecule has 0 amide bonds. The topological polar surface area (TPSA) is 55.5 Å². The largest absolute Gasteiger partial charge is 0.573 e. The molecule has 0 saturated heterocycles. The molecule has 238 valence electrons. The van der Waals surface area contributed by atoms with E-state index < -0.39 is 6.36 Å². The summed E-state index contributed by atoms with van der Waals surface area (Å²) in [5.74, 6) is 0.660. The van der Waals surface area contributed by atoms with Crippen LogP contribution in [0, 0.1) is 12.8 Å². The van der Waals surface area contributed by atoms with Gasteiger partial charge in [0, 0.05) is 35.6 Å². The van der Waals surface area contributed by atoms with Crippen LogP contribution in [0.3, 0.4) is 0 Å². The van der Waals surface area contributed by atoms with Crippen LogP contribution in [0.15, 0.2) is 49.1 Å². The molecule has 1 atom stereocenters. The first-order chi connectivity index (χ1) is 20.5. The minimum atomic E-state index is -4.74. The number of benzene rings is 1. The Kier molecular flexibility index (Phi) is 15.5. The maximum Gasteiger partial charge on any atom is 0.573 e. The summed E-state index contributed by atoms with van der Waals surface area (Å²) in [7, 11) is 2.19.